The smallest absolute Gasteiger partial charge is 0.305 e. The third-order valence-electron chi connectivity index (χ3n) is 3.16. The molecular weight excluding hydrogens is 264 g/mol. The number of carbonyl (C=O) groups excluding carboxylic acids is 1. The van der Waals surface area contributed by atoms with E-state index in [1.807, 2.05) is 24.4 Å². The molecule has 2 rings (SSSR count). The number of carbonyl (C=O) groups is 1. The van der Waals surface area contributed by atoms with Crippen LogP contribution < -0.4 is 5.73 Å². The second-order valence-electron chi connectivity index (χ2n) is 4.58. The monoisotopic (exact) mass is 280 g/mol. The van der Waals surface area contributed by atoms with Gasteiger partial charge in [-0.25, -0.2) is 0 Å². The van der Waals surface area contributed by atoms with Gasteiger partial charge < -0.3 is 15.5 Å². The van der Waals surface area contributed by atoms with E-state index >= 15 is 0 Å². The number of hydrogen-bond donors (Lipinski definition) is 2. The zero-order valence-electron chi connectivity index (χ0n) is 10.8. The second kappa shape index (κ2) is 6.08. The summed E-state index contributed by atoms with van der Waals surface area (Å²) in [5.41, 5.74) is 8.19. The molecule has 19 heavy (non-hydrogen) atoms. The summed E-state index contributed by atoms with van der Waals surface area (Å²) in [7, 11) is 1.39. The van der Waals surface area contributed by atoms with E-state index in [1.54, 1.807) is 0 Å². The van der Waals surface area contributed by atoms with E-state index < -0.39 is 0 Å². The fourth-order valence-corrected chi connectivity index (χ4v) is 2.29. The number of hydrogen-bond acceptors (Lipinski definition) is 3. The minimum Gasteiger partial charge on any atom is -0.469 e. The predicted octanol–water partition coefficient (Wildman–Crippen LogP) is 2.64. The van der Waals surface area contributed by atoms with Gasteiger partial charge in [0, 0.05) is 34.6 Å². The number of nitrogens with one attached hydrogen (secondary N) is 1. The van der Waals surface area contributed by atoms with Crippen molar-refractivity contribution < 1.29 is 9.53 Å². The van der Waals surface area contributed by atoms with Gasteiger partial charge in [-0.1, -0.05) is 17.7 Å². The van der Waals surface area contributed by atoms with Gasteiger partial charge in [0.1, 0.15) is 0 Å². The van der Waals surface area contributed by atoms with E-state index in [2.05, 4.69) is 9.72 Å². The van der Waals surface area contributed by atoms with Crippen LogP contribution in [0.25, 0.3) is 10.9 Å². The van der Waals surface area contributed by atoms with Crippen molar-refractivity contribution >= 4 is 28.5 Å². The number of rotatable bonds is 5. The highest BCUT2D eigenvalue weighted by atomic mass is 35.5. The first-order valence-electron chi connectivity index (χ1n) is 6.18. The Morgan fingerprint density at radius 2 is 2.32 bits per heavy atom. The van der Waals surface area contributed by atoms with Gasteiger partial charge in [0.2, 0.25) is 0 Å². The lowest BCUT2D eigenvalue weighted by molar-refractivity contribution is -0.140. The lowest BCUT2D eigenvalue weighted by Crippen LogP contribution is -2.23. The summed E-state index contributed by atoms with van der Waals surface area (Å²) in [6.45, 7) is 0. The number of aromatic nitrogens is 1. The van der Waals surface area contributed by atoms with Crippen molar-refractivity contribution in [3.8, 4) is 0 Å². The number of benzene rings is 1. The molecule has 0 aliphatic rings. The van der Waals surface area contributed by atoms with Gasteiger partial charge in [-0.3, -0.25) is 4.79 Å². The SMILES string of the molecule is COC(=O)CCC(N)Cc1c[nH]c2cc(Cl)ccc12. The quantitative estimate of drug-likeness (QED) is 0.828. The predicted molar refractivity (Wildman–Crippen MR) is 76.2 cm³/mol. The lowest BCUT2D eigenvalue weighted by Gasteiger charge is -2.10. The summed E-state index contributed by atoms with van der Waals surface area (Å²) in [6, 6.07) is 5.67. The maximum absolute atomic E-state index is 11.1. The molecule has 0 saturated carbocycles. The average Bonchev–Trinajstić information content (AvgIpc) is 2.78. The van der Waals surface area contributed by atoms with Gasteiger partial charge >= 0.3 is 5.97 Å². The topological polar surface area (TPSA) is 68.1 Å². The summed E-state index contributed by atoms with van der Waals surface area (Å²) in [6.07, 6.45) is 3.64. The number of H-pyrrole nitrogens is 1. The Labute approximate surface area is 116 Å². The van der Waals surface area contributed by atoms with Crippen LogP contribution in [0.15, 0.2) is 24.4 Å². The van der Waals surface area contributed by atoms with Crippen LogP contribution in [-0.4, -0.2) is 24.1 Å². The molecule has 1 heterocycles. The number of esters is 1. The second-order valence-corrected chi connectivity index (χ2v) is 5.02. The van der Waals surface area contributed by atoms with Crippen LogP contribution in [0.4, 0.5) is 0 Å². The highest BCUT2D eigenvalue weighted by molar-refractivity contribution is 6.31. The van der Waals surface area contributed by atoms with Crippen molar-refractivity contribution in [2.45, 2.75) is 25.3 Å². The maximum atomic E-state index is 11.1. The number of nitrogens with two attached hydrogens (primary N) is 1. The third-order valence-corrected chi connectivity index (χ3v) is 3.39. The Morgan fingerprint density at radius 1 is 1.53 bits per heavy atom. The summed E-state index contributed by atoms with van der Waals surface area (Å²) in [5, 5.41) is 1.83. The Hall–Kier alpha value is -1.52. The highest BCUT2D eigenvalue weighted by Crippen LogP contribution is 2.23. The van der Waals surface area contributed by atoms with Gasteiger partial charge in [-0.15, -0.1) is 0 Å². The lowest BCUT2D eigenvalue weighted by atomic mass is 10.0. The molecule has 0 aliphatic heterocycles. The van der Waals surface area contributed by atoms with Gasteiger partial charge in [-0.05, 0) is 30.5 Å². The Bertz CT molecular complexity index is 580. The molecule has 1 unspecified atom stereocenters. The zero-order chi connectivity index (χ0) is 13.8. The van der Waals surface area contributed by atoms with Crippen molar-refractivity contribution in [3.63, 3.8) is 0 Å². The van der Waals surface area contributed by atoms with Crippen LogP contribution in [0, 0.1) is 0 Å². The normalized spacial score (nSPS) is 12.6. The molecule has 102 valence electrons. The van der Waals surface area contributed by atoms with Crippen LogP contribution in [0.1, 0.15) is 18.4 Å². The molecule has 0 bridgehead atoms. The van der Waals surface area contributed by atoms with Gasteiger partial charge in [0.25, 0.3) is 0 Å². The summed E-state index contributed by atoms with van der Waals surface area (Å²) < 4.78 is 4.60. The highest BCUT2D eigenvalue weighted by Gasteiger charge is 2.11. The number of methoxy groups -OCH3 is 1. The fourth-order valence-electron chi connectivity index (χ4n) is 2.12. The minimum atomic E-state index is -0.221. The third kappa shape index (κ3) is 3.49. The zero-order valence-corrected chi connectivity index (χ0v) is 11.5. The molecule has 2 aromatic rings. The van der Waals surface area contributed by atoms with E-state index in [1.165, 1.54) is 7.11 Å². The van der Waals surface area contributed by atoms with Crippen molar-refractivity contribution in [2.24, 2.45) is 5.73 Å². The van der Waals surface area contributed by atoms with Gasteiger partial charge in [0.05, 0.1) is 7.11 Å². The average molecular weight is 281 g/mol. The van der Waals surface area contributed by atoms with Gasteiger partial charge in [0.15, 0.2) is 0 Å². The number of ether oxygens (including phenoxy) is 1. The molecule has 5 heteroatoms. The molecule has 0 aliphatic carbocycles. The number of fused-ring (bicyclic) bond motifs is 1. The molecule has 0 amide bonds. The van der Waals surface area contributed by atoms with Crippen molar-refractivity contribution in [1.82, 2.24) is 4.98 Å². The largest absolute Gasteiger partial charge is 0.469 e. The molecule has 0 saturated heterocycles. The molecule has 1 atom stereocenters. The van der Waals surface area contributed by atoms with E-state index in [9.17, 15) is 4.79 Å². The Kier molecular flexibility index (Phi) is 4.45. The Morgan fingerprint density at radius 3 is 3.05 bits per heavy atom. The first-order chi connectivity index (χ1) is 9.10. The van der Waals surface area contributed by atoms with Crippen LogP contribution in [0.2, 0.25) is 5.02 Å². The maximum Gasteiger partial charge on any atom is 0.305 e. The molecule has 4 nitrogen and oxygen atoms in total. The van der Waals surface area contributed by atoms with Crippen LogP contribution >= 0.6 is 11.6 Å². The van der Waals surface area contributed by atoms with E-state index in [0.29, 0.717) is 17.9 Å². The van der Waals surface area contributed by atoms with Crippen LogP contribution in [0.3, 0.4) is 0 Å². The van der Waals surface area contributed by atoms with Crippen LogP contribution in [0.5, 0.6) is 0 Å². The standard InChI is InChI=1S/C14H17ClN2O2/c1-19-14(18)5-3-11(16)6-9-8-17-13-7-10(15)2-4-12(9)13/h2,4,7-8,11,17H,3,5-6,16H2,1H3. The van der Waals surface area contributed by atoms with E-state index in [0.717, 1.165) is 22.9 Å². The minimum absolute atomic E-state index is 0.0613. The molecule has 1 aromatic heterocycles. The van der Waals surface area contributed by atoms with Crippen molar-refractivity contribution in [2.75, 3.05) is 7.11 Å². The summed E-state index contributed by atoms with van der Waals surface area (Å²) in [5.74, 6) is -0.221. The summed E-state index contributed by atoms with van der Waals surface area (Å²) in [4.78, 5) is 14.2. The molecule has 0 spiro atoms. The first kappa shape index (κ1) is 13.9. The molecule has 0 radical (unpaired) electrons. The molecular formula is C14H17ClN2O2. The number of halogens is 1. The number of aromatic amines is 1. The van der Waals surface area contributed by atoms with Crippen LogP contribution in [-0.2, 0) is 16.0 Å². The molecule has 0 fully saturated rings. The van der Waals surface area contributed by atoms with E-state index in [-0.39, 0.29) is 12.0 Å². The molecule has 1 aromatic carbocycles. The van der Waals surface area contributed by atoms with Gasteiger partial charge in [-0.2, -0.15) is 0 Å². The first-order valence-corrected chi connectivity index (χ1v) is 6.56. The van der Waals surface area contributed by atoms with E-state index in [4.69, 9.17) is 17.3 Å². The van der Waals surface area contributed by atoms with Crippen molar-refractivity contribution in [3.05, 3.63) is 35.0 Å². The van der Waals surface area contributed by atoms with Crippen molar-refractivity contribution in [1.29, 1.82) is 0 Å². The Balaban J connectivity index is 2.03. The fraction of sp³-hybridized carbons (Fsp3) is 0.357. The summed E-state index contributed by atoms with van der Waals surface area (Å²) >= 11 is 5.94. The molecule has 3 N–H and O–H groups in total.